The van der Waals surface area contributed by atoms with Crippen LogP contribution in [0.15, 0.2) is 84.9 Å². The van der Waals surface area contributed by atoms with E-state index in [1.807, 2.05) is 27.7 Å². The Labute approximate surface area is 202 Å². The Morgan fingerprint density at radius 1 is 0.667 bits per heavy atom. The highest BCUT2D eigenvalue weighted by Gasteiger charge is 2.43. The molecule has 0 spiro atoms. The van der Waals surface area contributed by atoms with Crippen molar-refractivity contribution in [1.29, 1.82) is 0 Å². The van der Waals surface area contributed by atoms with E-state index in [1.54, 1.807) is 5.57 Å². The molecule has 2 aliphatic rings. The summed E-state index contributed by atoms with van der Waals surface area (Å²) in [4.78, 5) is 0. The zero-order chi connectivity index (χ0) is 24.0. The molecule has 3 aromatic carbocycles. The SMILES string of the molecule is CC.CC.CC1CC(c2ccccc2C(C)(C)c2ccccc2-c2ccccc2)=CC2CC12. The molecule has 174 valence electrons. The van der Waals surface area contributed by atoms with Crippen LogP contribution in [-0.4, -0.2) is 0 Å². The molecule has 0 nitrogen and oxygen atoms in total. The minimum absolute atomic E-state index is 0.0759. The molecular weight excluding hydrogens is 396 g/mol. The van der Waals surface area contributed by atoms with Crippen molar-refractivity contribution in [2.75, 3.05) is 0 Å². The predicted octanol–water partition coefficient (Wildman–Crippen LogP) is 9.79. The summed E-state index contributed by atoms with van der Waals surface area (Å²) >= 11 is 0. The van der Waals surface area contributed by atoms with Crippen LogP contribution in [0.2, 0.25) is 0 Å². The number of fused-ring (bicyclic) bond motifs is 1. The molecule has 0 N–H and O–H groups in total. The summed E-state index contributed by atoms with van der Waals surface area (Å²) in [5.41, 5.74) is 8.41. The first-order valence-electron chi connectivity index (χ1n) is 13.0. The third-order valence-electron chi connectivity index (χ3n) is 7.21. The van der Waals surface area contributed by atoms with E-state index in [4.69, 9.17) is 0 Å². The topological polar surface area (TPSA) is 0 Å². The number of hydrogen-bond acceptors (Lipinski definition) is 0. The summed E-state index contributed by atoms with van der Waals surface area (Å²) in [5, 5.41) is 0. The van der Waals surface area contributed by atoms with Crippen LogP contribution in [0.25, 0.3) is 16.7 Å². The first kappa shape index (κ1) is 25.0. The molecule has 0 amide bonds. The van der Waals surface area contributed by atoms with Gasteiger partial charge < -0.3 is 0 Å². The zero-order valence-electron chi connectivity index (χ0n) is 21.7. The first-order chi connectivity index (χ1) is 16.1. The van der Waals surface area contributed by atoms with E-state index < -0.39 is 0 Å². The summed E-state index contributed by atoms with van der Waals surface area (Å²) in [7, 11) is 0. The van der Waals surface area contributed by atoms with Crippen LogP contribution >= 0.6 is 0 Å². The first-order valence-corrected chi connectivity index (χ1v) is 13.0. The van der Waals surface area contributed by atoms with E-state index in [0.717, 1.165) is 17.8 Å². The van der Waals surface area contributed by atoms with Crippen LogP contribution in [-0.2, 0) is 5.41 Å². The van der Waals surface area contributed by atoms with Gasteiger partial charge in [0.2, 0.25) is 0 Å². The fraction of sp³-hybridized carbons (Fsp3) is 0.394. The fourth-order valence-electron chi connectivity index (χ4n) is 5.46. The summed E-state index contributed by atoms with van der Waals surface area (Å²) in [5.74, 6) is 2.58. The van der Waals surface area contributed by atoms with Gasteiger partial charge in [0.15, 0.2) is 0 Å². The second-order valence-corrected chi connectivity index (χ2v) is 9.52. The second kappa shape index (κ2) is 11.0. The van der Waals surface area contributed by atoms with Gasteiger partial charge in [-0.3, -0.25) is 0 Å². The van der Waals surface area contributed by atoms with Gasteiger partial charge in [0, 0.05) is 5.41 Å². The molecule has 0 aliphatic heterocycles. The molecule has 3 unspecified atom stereocenters. The molecule has 2 aliphatic carbocycles. The number of hydrogen-bond donors (Lipinski definition) is 0. The molecule has 0 heteroatoms. The van der Waals surface area contributed by atoms with E-state index in [-0.39, 0.29) is 5.41 Å². The Hall–Kier alpha value is -2.60. The van der Waals surface area contributed by atoms with Crippen LogP contribution in [0.4, 0.5) is 0 Å². The molecular formula is C33H42. The molecule has 0 saturated heterocycles. The standard InChI is InChI=1S/C29H30.2C2H6/c1-20-17-22(18-23-19-26(20)23)25-14-8-10-16-28(25)29(2,3)27-15-9-7-13-24(27)21-11-5-4-6-12-21;2*1-2/h4-16,18,20,23,26H,17,19H2,1-3H3;2*1-2H3. The summed E-state index contributed by atoms with van der Waals surface area (Å²) in [6, 6.07) is 28.8. The second-order valence-electron chi connectivity index (χ2n) is 9.52. The summed E-state index contributed by atoms with van der Waals surface area (Å²) < 4.78 is 0. The van der Waals surface area contributed by atoms with Crippen molar-refractivity contribution in [3.8, 4) is 11.1 Å². The smallest absolute Gasteiger partial charge is 0.0158 e. The molecule has 0 heterocycles. The minimum atomic E-state index is -0.0759. The van der Waals surface area contributed by atoms with Crippen LogP contribution in [0.5, 0.6) is 0 Å². The highest BCUT2D eigenvalue weighted by atomic mass is 14.5. The fourth-order valence-corrected chi connectivity index (χ4v) is 5.46. The molecule has 0 bridgehead atoms. The lowest BCUT2D eigenvalue weighted by molar-refractivity contribution is 0.491. The van der Waals surface area contributed by atoms with Gasteiger partial charge in [-0.15, -0.1) is 0 Å². The van der Waals surface area contributed by atoms with Crippen molar-refractivity contribution in [3.63, 3.8) is 0 Å². The van der Waals surface area contributed by atoms with Crippen molar-refractivity contribution in [2.24, 2.45) is 17.8 Å². The molecule has 1 saturated carbocycles. The normalized spacial score (nSPS) is 20.8. The lowest BCUT2D eigenvalue weighted by Gasteiger charge is -2.32. The molecule has 33 heavy (non-hydrogen) atoms. The van der Waals surface area contributed by atoms with Crippen LogP contribution < -0.4 is 0 Å². The zero-order valence-corrected chi connectivity index (χ0v) is 21.7. The van der Waals surface area contributed by atoms with Gasteiger partial charge >= 0.3 is 0 Å². The lowest BCUT2D eigenvalue weighted by atomic mass is 9.71. The van der Waals surface area contributed by atoms with Crippen molar-refractivity contribution in [2.45, 2.75) is 66.7 Å². The third kappa shape index (κ3) is 5.16. The van der Waals surface area contributed by atoms with Gasteiger partial charge in [0.05, 0.1) is 0 Å². The Balaban J connectivity index is 0.000000728. The highest BCUT2D eigenvalue weighted by Crippen LogP contribution is 2.54. The maximum Gasteiger partial charge on any atom is 0.0158 e. The van der Waals surface area contributed by atoms with E-state index >= 15 is 0 Å². The molecule has 1 fully saturated rings. The monoisotopic (exact) mass is 438 g/mol. The van der Waals surface area contributed by atoms with Gasteiger partial charge in [-0.2, -0.15) is 0 Å². The third-order valence-corrected chi connectivity index (χ3v) is 7.21. The molecule has 3 aromatic rings. The average molecular weight is 439 g/mol. The van der Waals surface area contributed by atoms with Crippen LogP contribution in [0.1, 0.15) is 78.0 Å². The highest BCUT2D eigenvalue weighted by molar-refractivity contribution is 5.75. The molecule has 0 aromatic heterocycles. The van der Waals surface area contributed by atoms with Gasteiger partial charge in [-0.25, -0.2) is 0 Å². The predicted molar refractivity (Wildman–Crippen MR) is 146 cm³/mol. The van der Waals surface area contributed by atoms with Crippen LogP contribution in [0.3, 0.4) is 0 Å². The molecule has 5 rings (SSSR count). The Bertz CT molecular complexity index is 1050. The van der Waals surface area contributed by atoms with Crippen molar-refractivity contribution in [3.05, 3.63) is 102 Å². The largest absolute Gasteiger partial charge is 0.0773 e. The van der Waals surface area contributed by atoms with Crippen molar-refractivity contribution >= 4 is 5.57 Å². The Morgan fingerprint density at radius 2 is 1.18 bits per heavy atom. The quantitative estimate of drug-likeness (QED) is 0.380. The van der Waals surface area contributed by atoms with E-state index in [0.29, 0.717) is 0 Å². The average Bonchev–Trinajstić information content (AvgIpc) is 3.68. The van der Waals surface area contributed by atoms with Gasteiger partial charge in [0.25, 0.3) is 0 Å². The number of allylic oxidation sites excluding steroid dienone is 2. The summed E-state index contributed by atoms with van der Waals surface area (Å²) in [6.07, 6.45) is 5.20. The van der Waals surface area contributed by atoms with Gasteiger partial charge in [0.1, 0.15) is 0 Å². The Kier molecular flexibility index (Phi) is 8.35. The maximum absolute atomic E-state index is 2.59. The summed E-state index contributed by atoms with van der Waals surface area (Å²) in [6.45, 7) is 15.2. The van der Waals surface area contributed by atoms with E-state index in [9.17, 15) is 0 Å². The van der Waals surface area contributed by atoms with Gasteiger partial charge in [-0.05, 0) is 64.0 Å². The van der Waals surface area contributed by atoms with E-state index in [1.165, 1.54) is 40.7 Å². The van der Waals surface area contributed by atoms with Crippen LogP contribution in [0, 0.1) is 17.8 Å². The minimum Gasteiger partial charge on any atom is -0.0773 e. The Morgan fingerprint density at radius 3 is 1.79 bits per heavy atom. The van der Waals surface area contributed by atoms with Crippen molar-refractivity contribution in [1.82, 2.24) is 0 Å². The van der Waals surface area contributed by atoms with E-state index in [2.05, 4.69) is 106 Å². The number of rotatable bonds is 4. The molecule has 3 atom stereocenters. The maximum atomic E-state index is 2.59. The number of benzene rings is 3. The van der Waals surface area contributed by atoms with Gasteiger partial charge in [-0.1, -0.05) is 133 Å². The van der Waals surface area contributed by atoms with Crippen molar-refractivity contribution < 1.29 is 0 Å². The molecule has 0 radical (unpaired) electrons. The lowest BCUT2D eigenvalue weighted by Crippen LogP contribution is -2.22.